The van der Waals surface area contributed by atoms with E-state index in [0.717, 1.165) is 12.4 Å². The Hall–Kier alpha value is -2.00. The summed E-state index contributed by atoms with van der Waals surface area (Å²) in [4.78, 5) is 15.2. The number of morpholine rings is 1. The first-order chi connectivity index (χ1) is 10.9. The Labute approximate surface area is 135 Å². The zero-order valence-corrected chi connectivity index (χ0v) is 14.2. The van der Waals surface area contributed by atoms with Gasteiger partial charge < -0.3 is 9.64 Å². The summed E-state index contributed by atoms with van der Waals surface area (Å²) in [5.41, 5.74) is 0. The number of ether oxygens (including phenoxy) is 1. The Morgan fingerprint density at radius 2 is 2.22 bits per heavy atom. The van der Waals surface area contributed by atoms with Gasteiger partial charge in [-0.15, -0.1) is 0 Å². The van der Waals surface area contributed by atoms with Crippen LogP contribution in [0, 0.1) is 0 Å². The lowest BCUT2D eigenvalue weighted by Gasteiger charge is -2.34. The largest absolute Gasteiger partial charge is 0.377 e. The summed E-state index contributed by atoms with van der Waals surface area (Å²) in [5, 5.41) is 0. The van der Waals surface area contributed by atoms with E-state index in [4.69, 9.17) is 4.74 Å². The van der Waals surface area contributed by atoms with Crippen molar-refractivity contribution in [3.05, 3.63) is 24.8 Å². The Morgan fingerprint density at radius 1 is 1.39 bits per heavy atom. The normalized spacial score (nSPS) is 18.9. The third kappa shape index (κ3) is 3.85. The van der Waals surface area contributed by atoms with Crippen molar-refractivity contribution in [2.24, 2.45) is 4.36 Å². The summed E-state index contributed by atoms with van der Waals surface area (Å²) >= 11 is 0. The molecule has 124 valence electrons. The monoisotopic (exact) mass is 336 g/mol. The van der Waals surface area contributed by atoms with Crippen LogP contribution in [0.3, 0.4) is 0 Å². The smallest absolute Gasteiger partial charge is 0.238 e. The van der Waals surface area contributed by atoms with Crippen molar-refractivity contribution in [2.75, 3.05) is 37.2 Å². The van der Waals surface area contributed by atoms with Crippen molar-refractivity contribution < 1.29 is 8.95 Å². The van der Waals surface area contributed by atoms with E-state index in [1.807, 2.05) is 0 Å². The summed E-state index contributed by atoms with van der Waals surface area (Å²) in [6.07, 6.45) is 8.22. The zero-order chi connectivity index (χ0) is 16.4. The molecular formula is C14H20N6O2S. The van der Waals surface area contributed by atoms with Crippen LogP contribution in [0.15, 0.2) is 29.2 Å². The van der Waals surface area contributed by atoms with Gasteiger partial charge >= 0.3 is 0 Å². The minimum absolute atomic E-state index is 0.203. The molecule has 3 heterocycles. The van der Waals surface area contributed by atoms with Crippen LogP contribution in [0.25, 0.3) is 5.95 Å². The molecular weight excluding hydrogens is 316 g/mol. The molecule has 1 saturated heterocycles. The molecule has 0 N–H and O–H groups in total. The minimum atomic E-state index is -2.31. The highest BCUT2D eigenvalue weighted by atomic mass is 32.2. The summed E-state index contributed by atoms with van der Waals surface area (Å²) in [6, 6.07) is 1.98. The fourth-order valence-corrected chi connectivity index (χ4v) is 2.93. The van der Waals surface area contributed by atoms with Crippen LogP contribution >= 0.6 is 0 Å². The van der Waals surface area contributed by atoms with Crippen LogP contribution in [0.5, 0.6) is 0 Å². The van der Waals surface area contributed by atoms with Crippen LogP contribution in [0.1, 0.15) is 6.92 Å². The SMILES string of the molecule is C[C@@H]1COCCN1c1cc(N=S(C)(C)=O)nc(-n2ccnc2)n1. The fourth-order valence-electron chi connectivity index (χ4n) is 2.39. The standard InChI is InChI=1S/C14H20N6O2S/c1-11-9-22-7-6-20(11)13-8-12(18-23(2,3)21)16-14(17-13)19-5-4-15-10-19/h4-5,8,10-11H,6-7,9H2,1-3H3/t11-/m1/s1. The van der Waals surface area contributed by atoms with E-state index in [9.17, 15) is 4.21 Å². The van der Waals surface area contributed by atoms with Crippen molar-refractivity contribution in [3.63, 3.8) is 0 Å². The Balaban J connectivity index is 2.09. The van der Waals surface area contributed by atoms with E-state index < -0.39 is 9.73 Å². The molecule has 2 aromatic rings. The van der Waals surface area contributed by atoms with Gasteiger partial charge in [0, 0.05) is 47.2 Å². The predicted octanol–water partition coefficient (Wildman–Crippen LogP) is 1.25. The topological polar surface area (TPSA) is 85.5 Å². The van der Waals surface area contributed by atoms with E-state index in [0.29, 0.717) is 25.0 Å². The molecule has 0 unspecified atom stereocenters. The molecule has 8 nitrogen and oxygen atoms in total. The first-order valence-corrected chi connectivity index (χ1v) is 9.64. The van der Waals surface area contributed by atoms with Crippen molar-refractivity contribution >= 4 is 21.4 Å². The first-order valence-electron chi connectivity index (χ1n) is 7.31. The molecule has 0 amide bonds. The average molecular weight is 336 g/mol. The molecule has 0 bridgehead atoms. The Bertz CT molecular complexity index is 790. The number of imidazole rings is 1. The average Bonchev–Trinajstić information content (AvgIpc) is 2.99. The molecule has 0 aliphatic carbocycles. The molecule has 1 atom stereocenters. The number of nitrogens with zero attached hydrogens (tertiary/aromatic N) is 6. The number of hydrogen-bond acceptors (Lipinski definition) is 7. The van der Waals surface area contributed by atoms with Gasteiger partial charge in [-0.2, -0.15) is 14.3 Å². The second-order valence-corrected chi connectivity index (χ2v) is 8.29. The van der Waals surface area contributed by atoms with Gasteiger partial charge in [0.15, 0.2) is 5.82 Å². The molecule has 23 heavy (non-hydrogen) atoms. The second-order valence-electron chi connectivity index (χ2n) is 5.74. The minimum Gasteiger partial charge on any atom is -0.377 e. The lowest BCUT2D eigenvalue weighted by Crippen LogP contribution is -2.44. The van der Waals surface area contributed by atoms with Crippen molar-refractivity contribution in [2.45, 2.75) is 13.0 Å². The maximum atomic E-state index is 12.0. The van der Waals surface area contributed by atoms with Gasteiger partial charge in [0.1, 0.15) is 12.1 Å². The van der Waals surface area contributed by atoms with Crippen molar-refractivity contribution in [3.8, 4) is 5.95 Å². The third-order valence-corrected chi connectivity index (χ3v) is 4.02. The summed E-state index contributed by atoms with van der Waals surface area (Å²) in [6.45, 7) is 4.13. The molecule has 0 spiro atoms. The number of aromatic nitrogens is 4. The quantitative estimate of drug-likeness (QED) is 0.838. The summed E-state index contributed by atoms with van der Waals surface area (Å²) in [5.74, 6) is 1.62. The van der Waals surface area contributed by atoms with Crippen LogP contribution < -0.4 is 4.90 Å². The highest BCUT2D eigenvalue weighted by molar-refractivity contribution is 7.92. The summed E-state index contributed by atoms with van der Waals surface area (Å²) < 4.78 is 23.4. The number of hydrogen-bond donors (Lipinski definition) is 0. The molecule has 1 aliphatic rings. The van der Waals surface area contributed by atoms with Gasteiger partial charge in [-0.3, -0.25) is 4.57 Å². The van der Waals surface area contributed by atoms with Gasteiger partial charge in [-0.05, 0) is 6.92 Å². The predicted molar refractivity (Wildman–Crippen MR) is 88.9 cm³/mol. The molecule has 0 aromatic carbocycles. The van der Waals surface area contributed by atoms with Crippen molar-refractivity contribution in [1.82, 2.24) is 19.5 Å². The van der Waals surface area contributed by atoms with E-state index in [-0.39, 0.29) is 6.04 Å². The van der Waals surface area contributed by atoms with E-state index in [2.05, 4.69) is 31.1 Å². The zero-order valence-electron chi connectivity index (χ0n) is 13.4. The van der Waals surface area contributed by atoms with Crippen LogP contribution in [0.4, 0.5) is 11.6 Å². The lowest BCUT2D eigenvalue weighted by molar-refractivity contribution is 0.0985. The lowest BCUT2D eigenvalue weighted by atomic mass is 10.2. The van der Waals surface area contributed by atoms with Crippen LogP contribution in [-0.2, 0) is 14.5 Å². The molecule has 9 heteroatoms. The van der Waals surface area contributed by atoms with Gasteiger partial charge in [0.05, 0.1) is 19.3 Å². The fraction of sp³-hybridized carbons (Fsp3) is 0.500. The number of anilines is 1. The second kappa shape index (κ2) is 6.25. The van der Waals surface area contributed by atoms with Gasteiger partial charge in [-0.25, -0.2) is 9.19 Å². The summed E-state index contributed by atoms with van der Waals surface area (Å²) in [7, 11) is -2.31. The van der Waals surface area contributed by atoms with Gasteiger partial charge in [0.2, 0.25) is 5.95 Å². The van der Waals surface area contributed by atoms with Gasteiger partial charge in [0.25, 0.3) is 0 Å². The number of rotatable bonds is 3. The molecule has 3 rings (SSSR count). The maximum absolute atomic E-state index is 12.0. The van der Waals surface area contributed by atoms with E-state index in [1.165, 1.54) is 0 Å². The van der Waals surface area contributed by atoms with Crippen LogP contribution in [-0.4, -0.2) is 62.0 Å². The molecule has 2 aromatic heterocycles. The van der Waals surface area contributed by atoms with Crippen LogP contribution in [0.2, 0.25) is 0 Å². The van der Waals surface area contributed by atoms with E-state index in [1.54, 1.807) is 41.9 Å². The molecule has 1 fully saturated rings. The first kappa shape index (κ1) is 15.9. The molecule has 0 saturated carbocycles. The highest BCUT2D eigenvalue weighted by Crippen LogP contribution is 2.23. The maximum Gasteiger partial charge on any atom is 0.238 e. The molecule has 1 aliphatic heterocycles. The Morgan fingerprint density at radius 3 is 2.87 bits per heavy atom. The highest BCUT2D eigenvalue weighted by Gasteiger charge is 2.22. The van der Waals surface area contributed by atoms with E-state index >= 15 is 0 Å². The molecule has 0 radical (unpaired) electrons. The third-order valence-electron chi connectivity index (χ3n) is 3.40. The Kier molecular flexibility index (Phi) is 4.31. The van der Waals surface area contributed by atoms with Crippen molar-refractivity contribution in [1.29, 1.82) is 0 Å². The van der Waals surface area contributed by atoms with Gasteiger partial charge in [-0.1, -0.05) is 0 Å².